The lowest BCUT2D eigenvalue weighted by atomic mass is 10.1. The van der Waals surface area contributed by atoms with Gasteiger partial charge < -0.3 is 0 Å². The monoisotopic (exact) mass is 224 g/mol. The summed E-state index contributed by atoms with van der Waals surface area (Å²) >= 11 is 0. The zero-order valence-corrected chi connectivity index (χ0v) is 9.84. The van der Waals surface area contributed by atoms with Gasteiger partial charge in [-0.3, -0.25) is 9.88 Å². The number of rotatable bonds is 3. The highest BCUT2D eigenvalue weighted by Gasteiger charge is 2.13. The first kappa shape index (κ1) is 10.5. The van der Waals surface area contributed by atoms with Crippen LogP contribution in [0.3, 0.4) is 0 Å². The molecule has 1 aromatic heterocycles. The standard InChI is InChI=1S/C15H16N2/c1-2-5-13(6-3-1)14-7-8-15(16-11-14)12-17-9-4-10-17/h1-3,5-8,11H,4,9-10,12H2. The Morgan fingerprint density at radius 2 is 1.76 bits per heavy atom. The van der Waals surface area contributed by atoms with Crippen molar-refractivity contribution in [2.75, 3.05) is 13.1 Å². The molecule has 0 atom stereocenters. The van der Waals surface area contributed by atoms with Gasteiger partial charge in [0.2, 0.25) is 0 Å². The molecule has 0 bridgehead atoms. The van der Waals surface area contributed by atoms with Gasteiger partial charge in [0.1, 0.15) is 0 Å². The molecule has 3 rings (SSSR count). The van der Waals surface area contributed by atoms with Gasteiger partial charge in [0, 0.05) is 18.3 Å². The number of pyridine rings is 1. The Labute approximate surface area is 102 Å². The van der Waals surface area contributed by atoms with Gasteiger partial charge in [-0.1, -0.05) is 36.4 Å². The lowest BCUT2D eigenvalue weighted by molar-refractivity contribution is 0.170. The molecule has 1 aromatic carbocycles. The van der Waals surface area contributed by atoms with Gasteiger partial charge >= 0.3 is 0 Å². The Morgan fingerprint density at radius 1 is 0.941 bits per heavy atom. The van der Waals surface area contributed by atoms with Crippen molar-refractivity contribution in [1.82, 2.24) is 9.88 Å². The smallest absolute Gasteiger partial charge is 0.0544 e. The molecule has 0 radical (unpaired) electrons. The molecule has 2 aromatic rings. The number of aromatic nitrogens is 1. The van der Waals surface area contributed by atoms with E-state index in [9.17, 15) is 0 Å². The Morgan fingerprint density at radius 3 is 2.35 bits per heavy atom. The number of hydrogen-bond acceptors (Lipinski definition) is 2. The number of benzene rings is 1. The number of nitrogens with zero attached hydrogens (tertiary/aromatic N) is 2. The summed E-state index contributed by atoms with van der Waals surface area (Å²) < 4.78 is 0. The van der Waals surface area contributed by atoms with Gasteiger partial charge in [0.25, 0.3) is 0 Å². The van der Waals surface area contributed by atoms with Crippen molar-refractivity contribution in [2.24, 2.45) is 0 Å². The van der Waals surface area contributed by atoms with Gasteiger partial charge in [-0.25, -0.2) is 0 Å². The van der Waals surface area contributed by atoms with Crippen LogP contribution in [0.15, 0.2) is 48.7 Å². The molecule has 1 aliphatic rings. The molecular formula is C15H16N2. The maximum absolute atomic E-state index is 4.54. The van der Waals surface area contributed by atoms with Crippen LogP contribution < -0.4 is 0 Å². The summed E-state index contributed by atoms with van der Waals surface area (Å²) in [6.45, 7) is 3.44. The maximum atomic E-state index is 4.54. The van der Waals surface area contributed by atoms with Crippen LogP contribution in [0.1, 0.15) is 12.1 Å². The molecule has 2 nitrogen and oxygen atoms in total. The van der Waals surface area contributed by atoms with Gasteiger partial charge in [0.15, 0.2) is 0 Å². The van der Waals surface area contributed by atoms with Crippen LogP contribution in [0.2, 0.25) is 0 Å². The van der Waals surface area contributed by atoms with E-state index in [4.69, 9.17) is 0 Å². The summed E-state index contributed by atoms with van der Waals surface area (Å²) in [7, 11) is 0. The molecule has 86 valence electrons. The largest absolute Gasteiger partial charge is 0.297 e. The molecule has 0 unspecified atom stereocenters. The van der Waals surface area contributed by atoms with E-state index < -0.39 is 0 Å². The Kier molecular flexibility index (Phi) is 2.88. The summed E-state index contributed by atoms with van der Waals surface area (Å²) in [4.78, 5) is 6.96. The first-order valence-electron chi connectivity index (χ1n) is 6.14. The fraction of sp³-hybridized carbons (Fsp3) is 0.267. The van der Waals surface area contributed by atoms with Crippen molar-refractivity contribution in [3.05, 3.63) is 54.4 Å². The van der Waals surface area contributed by atoms with Crippen LogP contribution in [0, 0.1) is 0 Å². The van der Waals surface area contributed by atoms with Crippen molar-refractivity contribution < 1.29 is 0 Å². The van der Waals surface area contributed by atoms with Gasteiger partial charge in [-0.15, -0.1) is 0 Å². The number of likely N-dealkylation sites (tertiary alicyclic amines) is 1. The van der Waals surface area contributed by atoms with Crippen molar-refractivity contribution in [3.63, 3.8) is 0 Å². The Hall–Kier alpha value is -1.67. The molecule has 0 N–H and O–H groups in total. The minimum Gasteiger partial charge on any atom is -0.297 e. The highest BCUT2D eigenvalue weighted by atomic mass is 15.2. The zero-order valence-electron chi connectivity index (χ0n) is 9.84. The van der Waals surface area contributed by atoms with E-state index in [-0.39, 0.29) is 0 Å². The quantitative estimate of drug-likeness (QED) is 0.797. The van der Waals surface area contributed by atoms with Crippen molar-refractivity contribution in [1.29, 1.82) is 0 Å². The molecule has 1 fully saturated rings. The first-order chi connectivity index (χ1) is 8.42. The molecule has 1 aliphatic heterocycles. The van der Waals surface area contributed by atoms with E-state index in [2.05, 4.69) is 46.3 Å². The van der Waals surface area contributed by atoms with Crippen LogP contribution in [-0.4, -0.2) is 23.0 Å². The van der Waals surface area contributed by atoms with Gasteiger partial charge in [0.05, 0.1) is 5.69 Å². The van der Waals surface area contributed by atoms with Crippen LogP contribution in [0.5, 0.6) is 0 Å². The molecule has 2 heterocycles. The predicted octanol–water partition coefficient (Wildman–Crippen LogP) is 2.95. The van der Waals surface area contributed by atoms with Gasteiger partial charge in [-0.05, 0) is 31.1 Å². The molecule has 0 spiro atoms. The summed E-state index contributed by atoms with van der Waals surface area (Å²) in [6.07, 6.45) is 3.31. The van der Waals surface area contributed by atoms with Crippen LogP contribution in [0.4, 0.5) is 0 Å². The second-order valence-corrected chi connectivity index (χ2v) is 4.53. The van der Waals surface area contributed by atoms with Crippen LogP contribution in [-0.2, 0) is 6.54 Å². The molecule has 17 heavy (non-hydrogen) atoms. The van der Waals surface area contributed by atoms with E-state index in [1.165, 1.54) is 36.3 Å². The normalized spacial score (nSPS) is 15.5. The topological polar surface area (TPSA) is 16.1 Å². The van der Waals surface area contributed by atoms with E-state index >= 15 is 0 Å². The van der Waals surface area contributed by atoms with E-state index in [0.717, 1.165) is 6.54 Å². The highest BCUT2D eigenvalue weighted by Crippen LogP contribution is 2.18. The average molecular weight is 224 g/mol. The van der Waals surface area contributed by atoms with E-state index in [0.29, 0.717) is 0 Å². The van der Waals surface area contributed by atoms with E-state index in [1.807, 2.05) is 12.3 Å². The van der Waals surface area contributed by atoms with Crippen molar-refractivity contribution in [2.45, 2.75) is 13.0 Å². The average Bonchev–Trinajstić information content (AvgIpc) is 2.36. The molecule has 0 aliphatic carbocycles. The highest BCUT2D eigenvalue weighted by molar-refractivity contribution is 5.62. The predicted molar refractivity (Wildman–Crippen MR) is 69.6 cm³/mol. The summed E-state index contributed by atoms with van der Waals surface area (Å²) in [5, 5.41) is 0. The second-order valence-electron chi connectivity index (χ2n) is 4.53. The van der Waals surface area contributed by atoms with Crippen molar-refractivity contribution >= 4 is 0 Å². The lowest BCUT2D eigenvalue weighted by Gasteiger charge is -2.30. The molecule has 0 saturated carbocycles. The third-order valence-electron chi connectivity index (χ3n) is 3.27. The molecular weight excluding hydrogens is 208 g/mol. The van der Waals surface area contributed by atoms with Crippen LogP contribution in [0.25, 0.3) is 11.1 Å². The van der Waals surface area contributed by atoms with Crippen molar-refractivity contribution in [3.8, 4) is 11.1 Å². The summed E-state index contributed by atoms with van der Waals surface area (Å²) in [6, 6.07) is 14.7. The summed E-state index contributed by atoms with van der Waals surface area (Å²) in [5.74, 6) is 0. The summed E-state index contributed by atoms with van der Waals surface area (Å²) in [5.41, 5.74) is 3.60. The van der Waals surface area contributed by atoms with E-state index in [1.54, 1.807) is 0 Å². The number of hydrogen-bond donors (Lipinski definition) is 0. The SMILES string of the molecule is c1ccc(-c2ccc(CN3CCC3)nc2)cc1. The third kappa shape index (κ3) is 2.37. The fourth-order valence-electron chi connectivity index (χ4n) is 2.09. The van der Waals surface area contributed by atoms with Crippen LogP contribution >= 0.6 is 0 Å². The Bertz CT molecular complexity index is 472. The maximum Gasteiger partial charge on any atom is 0.0544 e. The zero-order chi connectivity index (χ0) is 11.5. The lowest BCUT2D eigenvalue weighted by Crippen LogP contribution is -2.36. The third-order valence-corrected chi connectivity index (χ3v) is 3.27. The fourth-order valence-corrected chi connectivity index (χ4v) is 2.09. The Balaban J connectivity index is 1.75. The molecule has 0 amide bonds. The minimum atomic E-state index is 0.995. The minimum absolute atomic E-state index is 0.995. The first-order valence-corrected chi connectivity index (χ1v) is 6.14. The molecule has 1 saturated heterocycles. The molecule has 2 heteroatoms. The van der Waals surface area contributed by atoms with Gasteiger partial charge in [-0.2, -0.15) is 0 Å². The second kappa shape index (κ2) is 4.68.